The molecule has 5 nitrogen and oxygen atoms in total. The minimum atomic E-state index is -0.776. The van der Waals surface area contributed by atoms with Crippen molar-refractivity contribution in [2.75, 3.05) is 13.2 Å². The number of esters is 1. The molecular formula is C14H17ClN2O3S. The van der Waals surface area contributed by atoms with Gasteiger partial charge in [-0.2, -0.15) is 0 Å². The first-order chi connectivity index (χ1) is 10.1. The highest BCUT2D eigenvalue weighted by Gasteiger charge is 2.34. The maximum Gasteiger partial charge on any atom is 0.319 e. The smallest absolute Gasteiger partial charge is 0.319 e. The Morgan fingerprint density at radius 2 is 2.24 bits per heavy atom. The van der Waals surface area contributed by atoms with Crippen LogP contribution in [-0.2, 0) is 20.1 Å². The lowest BCUT2D eigenvalue weighted by Crippen LogP contribution is -2.56. The second-order valence-electron chi connectivity index (χ2n) is 4.50. The third-order valence-electron chi connectivity index (χ3n) is 3.03. The molecule has 2 atom stereocenters. The van der Waals surface area contributed by atoms with Crippen LogP contribution in [0.2, 0.25) is 5.02 Å². The minimum absolute atomic E-state index is 0.237. The first-order valence-electron chi connectivity index (χ1n) is 6.67. The number of ether oxygens (including phenoxy) is 1. The van der Waals surface area contributed by atoms with Crippen molar-refractivity contribution in [2.45, 2.75) is 18.2 Å². The first-order valence-corrected chi connectivity index (χ1v) is 8.10. The molecular weight excluding hydrogens is 312 g/mol. The molecule has 2 N–H and O–H groups in total. The average Bonchev–Trinajstić information content (AvgIpc) is 2.46. The summed E-state index contributed by atoms with van der Waals surface area (Å²) >= 11 is 7.60. The predicted molar refractivity (Wildman–Crippen MR) is 82.8 cm³/mol. The fourth-order valence-electron chi connectivity index (χ4n) is 1.92. The van der Waals surface area contributed by atoms with Crippen molar-refractivity contribution in [1.29, 1.82) is 0 Å². The van der Waals surface area contributed by atoms with E-state index in [-0.39, 0.29) is 24.6 Å². The molecule has 1 aromatic carbocycles. The number of carbonyl (C=O) groups excluding carboxylic acids is 2. The molecule has 1 amide bonds. The van der Waals surface area contributed by atoms with Crippen molar-refractivity contribution in [2.24, 2.45) is 5.92 Å². The number of halogens is 1. The van der Waals surface area contributed by atoms with Crippen LogP contribution in [-0.4, -0.2) is 30.5 Å². The van der Waals surface area contributed by atoms with E-state index in [2.05, 4.69) is 10.6 Å². The summed E-state index contributed by atoms with van der Waals surface area (Å²) < 4.78 is 4.87. The molecule has 1 saturated heterocycles. The molecule has 114 valence electrons. The Bertz CT molecular complexity index is 527. The van der Waals surface area contributed by atoms with Gasteiger partial charge in [-0.25, -0.2) is 0 Å². The normalized spacial score (nSPS) is 21.7. The van der Waals surface area contributed by atoms with Gasteiger partial charge in [0.05, 0.1) is 6.61 Å². The molecule has 7 heteroatoms. The maximum absolute atomic E-state index is 11.9. The second-order valence-corrected chi connectivity index (χ2v) is 6.00. The van der Waals surface area contributed by atoms with Crippen molar-refractivity contribution in [3.05, 3.63) is 34.9 Å². The molecule has 0 bridgehead atoms. The zero-order chi connectivity index (χ0) is 15.2. The highest BCUT2D eigenvalue weighted by atomic mass is 35.5. The molecule has 2 unspecified atom stereocenters. The van der Waals surface area contributed by atoms with Crippen LogP contribution in [0.3, 0.4) is 0 Å². The van der Waals surface area contributed by atoms with E-state index in [0.717, 1.165) is 5.56 Å². The van der Waals surface area contributed by atoms with Gasteiger partial charge < -0.3 is 10.1 Å². The number of benzene rings is 1. The van der Waals surface area contributed by atoms with Gasteiger partial charge in [-0.3, -0.25) is 14.9 Å². The Labute approximate surface area is 132 Å². The summed E-state index contributed by atoms with van der Waals surface area (Å²) in [6.45, 7) is 2.27. The maximum atomic E-state index is 11.9. The van der Waals surface area contributed by atoms with Crippen LogP contribution >= 0.6 is 23.4 Å². The summed E-state index contributed by atoms with van der Waals surface area (Å²) in [6, 6.07) is 7.58. The zero-order valence-electron chi connectivity index (χ0n) is 11.6. The standard InChI is InChI=1S/C14H17ClN2O3S/c1-2-20-13(19)10-7-16-14(17-12(10)18)21-8-9-5-3-4-6-11(9)15/h3-6,10,14,16H,2,7-8H2,1H3,(H,17,18). The van der Waals surface area contributed by atoms with Crippen LogP contribution in [0.1, 0.15) is 12.5 Å². The van der Waals surface area contributed by atoms with Crippen LogP contribution in [0.25, 0.3) is 0 Å². The lowest BCUT2D eigenvalue weighted by Gasteiger charge is -2.28. The van der Waals surface area contributed by atoms with E-state index in [4.69, 9.17) is 16.3 Å². The Balaban J connectivity index is 1.84. The van der Waals surface area contributed by atoms with E-state index in [1.54, 1.807) is 6.92 Å². The van der Waals surface area contributed by atoms with Gasteiger partial charge in [0.1, 0.15) is 11.4 Å². The quantitative estimate of drug-likeness (QED) is 0.637. The monoisotopic (exact) mass is 328 g/mol. The third kappa shape index (κ3) is 4.36. The van der Waals surface area contributed by atoms with Gasteiger partial charge in [0.15, 0.2) is 0 Å². The van der Waals surface area contributed by atoms with Crippen molar-refractivity contribution in [3.8, 4) is 0 Å². The number of hydrogen-bond donors (Lipinski definition) is 2. The summed E-state index contributed by atoms with van der Waals surface area (Å²) in [5.41, 5.74) is 0.771. The van der Waals surface area contributed by atoms with E-state index in [1.165, 1.54) is 11.8 Å². The predicted octanol–water partition coefficient (Wildman–Crippen LogP) is 1.76. The van der Waals surface area contributed by atoms with Gasteiger partial charge in [0.25, 0.3) is 0 Å². The topological polar surface area (TPSA) is 67.4 Å². The first kappa shape index (κ1) is 16.1. The van der Waals surface area contributed by atoms with E-state index in [0.29, 0.717) is 10.8 Å². The van der Waals surface area contributed by atoms with Gasteiger partial charge in [-0.1, -0.05) is 29.8 Å². The highest BCUT2D eigenvalue weighted by molar-refractivity contribution is 7.99. The highest BCUT2D eigenvalue weighted by Crippen LogP contribution is 2.23. The third-order valence-corrected chi connectivity index (χ3v) is 4.50. The molecule has 1 heterocycles. The summed E-state index contributed by atoms with van der Waals surface area (Å²) in [7, 11) is 0. The Hall–Kier alpha value is -1.24. The van der Waals surface area contributed by atoms with Crippen molar-refractivity contribution >= 4 is 35.2 Å². The molecule has 1 aliphatic heterocycles. The van der Waals surface area contributed by atoms with E-state index < -0.39 is 11.9 Å². The van der Waals surface area contributed by atoms with Crippen molar-refractivity contribution in [3.63, 3.8) is 0 Å². The van der Waals surface area contributed by atoms with Gasteiger partial charge in [0, 0.05) is 17.3 Å². The van der Waals surface area contributed by atoms with E-state index in [1.807, 2.05) is 24.3 Å². The fourth-order valence-corrected chi connectivity index (χ4v) is 3.21. The van der Waals surface area contributed by atoms with Crippen LogP contribution < -0.4 is 10.6 Å². The van der Waals surface area contributed by atoms with Crippen molar-refractivity contribution < 1.29 is 14.3 Å². The number of thioether (sulfide) groups is 1. The fraction of sp³-hybridized carbons (Fsp3) is 0.429. The molecule has 2 rings (SSSR count). The second kappa shape index (κ2) is 7.68. The SMILES string of the molecule is CCOC(=O)C1CNC(SCc2ccccc2Cl)NC1=O. The van der Waals surface area contributed by atoms with E-state index in [9.17, 15) is 9.59 Å². The van der Waals surface area contributed by atoms with Crippen LogP contribution in [0, 0.1) is 5.92 Å². The molecule has 1 aromatic rings. The summed E-state index contributed by atoms with van der Waals surface area (Å²) in [5, 5.41) is 6.59. The molecule has 0 aromatic heterocycles. The molecule has 21 heavy (non-hydrogen) atoms. The molecule has 1 fully saturated rings. The number of rotatable bonds is 5. The lowest BCUT2D eigenvalue weighted by atomic mass is 10.1. The Kier molecular flexibility index (Phi) is 5.90. The Morgan fingerprint density at radius 3 is 2.90 bits per heavy atom. The average molecular weight is 329 g/mol. The van der Waals surface area contributed by atoms with Gasteiger partial charge in [-0.05, 0) is 18.6 Å². The number of nitrogens with one attached hydrogen (secondary N) is 2. The Morgan fingerprint density at radius 1 is 1.48 bits per heavy atom. The van der Waals surface area contributed by atoms with Gasteiger partial charge >= 0.3 is 5.97 Å². The van der Waals surface area contributed by atoms with Crippen LogP contribution in [0.5, 0.6) is 0 Å². The molecule has 0 spiro atoms. The lowest BCUT2D eigenvalue weighted by molar-refractivity contribution is -0.153. The summed E-state index contributed by atoms with van der Waals surface area (Å²) in [6.07, 6.45) is 0. The van der Waals surface area contributed by atoms with Crippen LogP contribution in [0.15, 0.2) is 24.3 Å². The molecule has 0 aliphatic carbocycles. The largest absolute Gasteiger partial charge is 0.465 e. The van der Waals surface area contributed by atoms with Gasteiger partial charge in [-0.15, -0.1) is 11.8 Å². The van der Waals surface area contributed by atoms with Crippen LogP contribution in [0.4, 0.5) is 0 Å². The molecule has 0 radical (unpaired) electrons. The number of hydrogen-bond acceptors (Lipinski definition) is 5. The number of carbonyl (C=O) groups is 2. The zero-order valence-corrected chi connectivity index (χ0v) is 13.2. The molecule has 0 saturated carbocycles. The minimum Gasteiger partial charge on any atom is -0.465 e. The van der Waals surface area contributed by atoms with Crippen molar-refractivity contribution in [1.82, 2.24) is 10.6 Å². The molecule has 1 aliphatic rings. The number of amides is 1. The van der Waals surface area contributed by atoms with Gasteiger partial charge in [0.2, 0.25) is 5.91 Å². The summed E-state index contributed by atoms with van der Waals surface area (Å²) in [5.74, 6) is -0.898. The summed E-state index contributed by atoms with van der Waals surface area (Å²) in [4.78, 5) is 23.5. The van der Waals surface area contributed by atoms with E-state index >= 15 is 0 Å².